The van der Waals surface area contributed by atoms with Gasteiger partial charge in [0.2, 0.25) is 5.91 Å². The third kappa shape index (κ3) is 3.48. The zero-order valence-electron chi connectivity index (χ0n) is 14.8. The van der Waals surface area contributed by atoms with E-state index in [1.165, 1.54) is 24.1 Å². The normalized spacial score (nSPS) is 26.1. The van der Waals surface area contributed by atoms with Crippen molar-refractivity contribution in [3.8, 4) is 0 Å². The molecule has 3 heterocycles. The highest BCUT2D eigenvalue weighted by Gasteiger charge is 2.38. The minimum atomic E-state index is 0.301. The van der Waals surface area contributed by atoms with Gasteiger partial charge in [-0.1, -0.05) is 26.8 Å². The quantitative estimate of drug-likeness (QED) is 0.801. The minimum Gasteiger partial charge on any atom is -0.334 e. The summed E-state index contributed by atoms with van der Waals surface area (Å²) in [6.45, 7) is 9.59. The summed E-state index contributed by atoms with van der Waals surface area (Å²) in [4.78, 5) is 18.9. The standard InChI is InChI=1S/C19H30N2OS/c1-4-19(2,3)17-10-6-11-20(17)14-18(22)21-12-5-8-15(21)16-9-7-13-23-16/h7,9,13,15,17H,4-6,8,10-12,14H2,1-3H3/t15-,17+/m1/s1. The second-order valence-electron chi connectivity index (χ2n) is 7.73. The van der Waals surface area contributed by atoms with E-state index >= 15 is 0 Å². The molecule has 2 aliphatic rings. The Hall–Kier alpha value is -0.870. The van der Waals surface area contributed by atoms with Crippen LogP contribution < -0.4 is 0 Å². The zero-order valence-corrected chi connectivity index (χ0v) is 15.6. The molecule has 2 fully saturated rings. The highest BCUT2D eigenvalue weighted by Crippen LogP contribution is 2.37. The molecule has 0 bridgehead atoms. The van der Waals surface area contributed by atoms with E-state index in [0.717, 1.165) is 25.9 Å². The number of thiophene rings is 1. The monoisotopic (exact) mass is 334 g/mol. The molecular formula is C19H30N2OS. The average molecular weight is 335 g/mol. The van der Waals surface area contributed by atoms with E-state index in [1.807, 2.05) is 0 Å². The summed E-state index contributed by atoms with van der Waals surface area (Å²) in [7, 11) is 0. The summed E-state index contributed by atoms with van der Waals surface area (Å²) >= 11 is 1.79. The molecule has 2 aliphatic heterocycles. The molecule has 0 saturated carbocycles. The maximum absolute atomic E-state index is 13.0. The second kappa shape index (κ2) is 6.94. The Kier molecular flexibility index (Phi) is 5.12. The lowest BCUT2D eigenvalue weighted by Gasteiger charge is -2.38. The van der Waals surface area contributed by atoms with E-state index in [-0.39, 0.29) is 0 Å². The SMILES string of the molecule is CCC(C)(C)[C@@H]1CCCN1CC(=O)N1CCC[C@@H]1c1cccs1. The van der Waals surface area contributed by atoms with Crippen LogP contribution in [0.2, 0.25) is 0 Å². The molecule has 0 N–H and O–H groups in total. The van der Waals surface area contributed by atoms with Gasteiger partial charge in [0, 0.05) is 17.5 Å². The predicted octanol–water partition coefficient (Wildman–Crippen LogP) is 4.31. The molecule has 3 rings (SSSR count). The van der Waals surface area contributed by atoms with Crippen molar-refractivity contribution >= 4 is 17.2 Å². The topological polar surface area (TPSA) is 23.6 Å². The van der Waals surface area contributed by atoms with Crippen LogP contribution in [0.25, 0.3) is 0 Å². The molecule has 23 heavy (non-hydrogen) atoms. The Bertz CT molecular complexity index is 525. The van der Waals surface area contributed by atoms with E-state index < -0.39 is 0 Å². The van der Waals surface area contributed by atoms with E-state index in [1.54, 1.807) is 11.3 Å². The van der Waals surface area contributed by atoms with Gasteiger partial charge < -0.3 is 4.90 Å². The van der Waals surface area contributed by atoms with Gasteiger partial charge in [-0.3, -0.25) is 9.69 Å². The number of likely N-dealkylation sites (tertiary alicyclic amines) is 2. The van der Waals surface area contributed by atoms with Crippen molar-refractivity contribution in [3.05, 3.63) is 22.4 Å². The Labute approximate surface area is 144 Å². The van der Waals surface area contributed by atoms with Crippen molar-refractivity contribution in [1.82, 2.24) is 9.80 Å². The van der Waals surface area contributed by atoms with E-state index in [9.17, 15) is 4.79 Å². The van der Waals surface area contributed by atoms with Crippen molar-refractivity contribution in [2.24, 2.45) is 5.41 Å². The fraction of sp³-hybridized carbons (Fsp3) is 0.737. The lowest BCUT2D eigenvalue weighted by molar-refractivity contribution is -0.134. The molecule has 2 saturated heterocycles. The van der Waals surface area contributed by atoms with Gasteiger partial charge in [-0.2, -0.15) is 0 Å². The lowest BCUT2D eigenvalue weighted by atomic mass is 9.80. The summed E-state index contributed by atoms with van der Waals surface area (Å²) in [5.74, 6) is 0.333. The van der Waals surface area contributed by atoms with Crippen molar-refractivity contribution in [2.45, 2.75) is 65.0 Å². The Morgan fingerprint density at radius 3 is 2.78 bits per heavy atom. The third-order valence-corrected chi connectivity index (χ3v) is 6.93. The number of carbonyl (C=O) groups is 1. The molecule has 0 aliphatic carbocycles. The minimum absolute atomic E-state index is 0.301. The van der Waals surface area contributed by atoms with Crippen molar-refractivity contribution in [3.63, 3.8) is 0 Å². The molecule has 4 heteroatoms. The number of nitrogens with zero attached hydrogens (tertiary/aromatic N) is 2. The Morgan fingerprint density at radius 2 is 2.09 bits per heavy atom. The van der Waals surface area contributed by atoms with Crippen molar-refractivity contribution in [1.29, 1.82) is 0 Å². The number of hydrogen-bond acceptors (Lipinski definition) is 3. The molecule has 0 unspecified atom stereocenters. The first-order chi connectivity index (χ1) is 11.0. The number of carbonyl (C=O) groups excluding carboxylic acids is 1. The van der Waals surface area contributed by atoms with Gasteiger partial charge in [-0.05, 0) is 55.5 Å². The van der Waals surface area contributed by atoms with Crippen LogP contribution in [0.1, 0.15) is 63.8 Å². The third-order valence-electron chi connectivity index (χ3n) is 5.96. The van der Waals surface area contributed by atoms with Crippen LogP contribution in [0.15, 0.2) is 17.5 Å². The summed E-state index contributed by atoms with van der Waals surface area (Å²) in [5.41, 5.74) is 0.301. The fourth-order valence-corrected chi connectivity index (χ4v) is 5.12. The van der Waals surface area contributed by atoms with Crippen LogP contribution in [0.4, 0.5) is 0 Å². The highest BCUT2D eigenvalue weighted by atomic mass is 32.1. The lowest BCUT2D eigenvalue weighted by Crippen LogP contribution is -2.46. The van der Waals surface area contributed by atoms with Crippen LogP contribution in [0, 0.1) is 5.41 Å². The van der Waals surface area contributed by atoms with Crippen LogP contribution in [-0.4, -0.2) is 41.4 Å². The average Bonchev–Trinajstić information content (AvgIpc) is 3.26. The first-order valence-corrected chi connectivity index (χ1v) is 9.98. The summed E-state index contributed by atoms with van der Waals surface area (Å²) in [6, 6.07) is 5.16. The molecule has 1 aromatic heterocycles. The molecule has 0 radical (unpaired) electrons. The maximum atomic E-state index is 13.0. The van der Waals surface area contributed by atoms with Gasteiger partial charge >= 0.3 is 0 Å². The second-order valence-corrected chi connectivity index (χ2v) is 8.71. The Morgan fingerprint density at radius 1 is 1.30 bits per heavy atom. The maximum Gasteiger partial charge on any atom is 0.237 e. The summed E-state index contributed by atoms with van der Waals surface area (Å²) in [5, 5.41) is 2.12. The van der Waals surface area contributed by atoms with Crippen molar-refractivity contribution in [2.75, 3.05) is 19.6 Å². The zero-order chi connectivity index (χ0) is 16.4. The molecule has 0 spiro atoms. The first kappa shape index (κ1) is 17.0. The molecule has 1 amide bonds. The number of rotatable bonds is 5. The molecule has 1 aromatic rings. The van der Waals surface area contributed by atoms with Gasteiger partial charge in [0.25, 0.3) is 0 Å². The van der Waals surface area contributed by atoms with Crippen LogP contribution in [0.3, 0.4) is 0 Å². The molecule has 2 atom stereocenters. The van der Waals surface area contributed by atoms with Crippen molar-refractivity contribution < 1.29 is 4.79 Å². The van der Waals surface area contributed by atoms with Gasteiger partial charge in [-0.25, -0.2) is 0 Å². The molecule has 3 nitrogen and oxygen atoms in total. The molecular weight excluding hydrogens is 304 g/mol. The summed E-state index contributed by atoms with van der Waals surface area (Å²) in [6.07, 6.45) is 5.90. The predicted molar refractivity (Wildman–Crippen MR) is 96.7 cm³/mol. The van der Waals surface area contributed by atoms with Gasteiger partial charge in [-0.15, -0.1) is 11.3 Å². The van der Waals surface area contributed by atoms with Gasteiger partial charge in [0.15, 0.2) is 0 Å². The number of amides is 1. The van der Waals surface area contributed by atoms with E-state index in [0.29, 0.717) is 30.0 Å². The first-order valence-electron chi connectivity index (χ1n) is 9.10. The van der Waals surface area contributed by atoms with Crippen LogP contribution in [0.5, 0.6) is 0 Å². The molecule has 0 aromatic carbocycles. The largest absolute Gasteiger partial charge is 0.334 e. The fourth-order valence-electron chi connectivity index (χ4n) is 4.24. The smallest absolute Gasteiger partial charge is 0.237 e. The van der Waals surface area contributed by atoms with Gasteiger partial charge in [0.05, 0.1) is 12.6 Å². The number of hydrogen-bond donors (Lipinski definition) is 0. The van der Waals surface area contributed by atoms with Crippen LogP contribution in [-0.2, 0) is 4.79 Å². The highest BCUT2D eigenvalue weighted by molar-refractivity contribution is 7.10. The van der Waals surface area contributed by atoms with E-state index in [4.69, 9.17) is 0 Å². The molecule has 128 valence electrons. The van der Waals surface area contributed by atoms with Gasteiger partial charge in [0.1, 0.15) is 0 Å². The summed E-state index contributed by atoms with van der Waals surface area (Å²) < 4.78 is 0. The van der Waals surface area contributed by atoms with Crippen LogP contribution >= 0.6 is 11.3 Å². The van der Waals surface area contributed by atoms with E-state index in [2.05, 4.69) is 48.1 Å². The Balaban J connectivity index is 1.66.